The van der Waals surface area contributed by atoms with Crippen LogP contribution in [0.3, 0.4) is 0 Å². The van der Waals surface area contributed by atoms with Gasteiger partial charge in [0.15, 0.2) is 0 Å². The van der Waals surface area contributed by atoms with E-state index in [1.165, 1.54) is 4.31 Å². The van der Waals surface area contributed by atoms with E-state index >= 15 is 0 Å². The van der Waals surface area contributed by atoms with Crippen LogP contribution < -0.4 is 5.32 Å². The summed E-state index contributed by atoms with van der Waals surface area (Å²) in [6, 6.07) is 7.18. The fourth-order valence-corrected chi connectivity index (χ4v) is 3.08. The van der Waals surface area contributed by atoms with E-state index in [1.807, 2.05) is 12.1 Å². The van der Waals surface area contributed by atoms with Gasteiger partial charge >= 0.3 is 0 Å². The van der Waals surface area contributed by atoms with Crippen LogP contribution in [0.1, 0.15) is 12.5 Å². The zero-order valence-corrected chi connectivity index (χ0v) is 12.4. The maximum atomic E-state index is 12.2. The molecule has 0 spiro atoms. The summed E-state index contributed by atoms with van der Waals surface area (Å²) in [4.78, 5) is 0. The Balaban J connectivity index is 2.75. The summed E-state index contributed by atoms with van der Waals surface area (Å²) in [6.07, 6.45) is 0. The van der Waals surface area contributed by atoms with Gasteiger partial charge in [0.1, 0.15) is 0 Å². The molecule has 0 aliphatic rings. The molecular weight excluding hydrogens is 272 g/mol. The van der Waals surface area contributed by atoms with Crippen LogP contribution in [0.2, 0.25) is 5.02 Å². The number of halogens is 1. The third kappa shape index (κ3) is 3.95. The molecule has 0 bridgehead atoms. The zero-order valence-electron chi connectivity index (χ0n) is 10.9. The first-order valence-corrected chi connectivity index (χ1v) is 7.60. The number of nitrogens with zero attached hydrogens (tertiary/aromatic N) is 1. The van der Waals surface area contributed by atoms with Gasteiger partial charge in [0.25, 0.3) is 0 Å². The molecule has 0 amide bonds. The van der Waals surface area contributed by atoms with Crippen molar-refractivity contribution in [3.8, 4) is 0 Å². The molecule has 6 heteroatoms. The van der Waals surface area contributed by atoms with Crippen molar-refractivity contribution in [3.63, 3.8) is 0 Å². The van der Waals surface area contributed by atoms with Crippen molar-refractivity contribution < 1.29 is 8.42 Å². The van der Waals surface area contributed by atoms with Crippen molar-refractivity contribution in [3.05, 3.63) is 34.9 Å². The second-order valence-electron chi connectivity index (χ2n) is 4.30. The van der Waals surface area contributed by atoms with Crippen LogP contribution in [-0.2, 0) is 16.6 Å². The standard InChI is InChI=1S/C12H19ClN2O2S/c1-10(8-14-2)18(16,17)15(3)9-11-4-6-12(13)7-5-11/h4-7,10,14H,8-9H2,1-3H3. The third-order valence-electron chi connectivity index (χ3n) is 2.75. The van der Waals surface area contributed by atoms with Crippen LogP contribution in [0, 0.1) is 0 Å². The van der Waals surface area contributed by atoms with Gasteiger partial charge in [-0.2, -0.15) is 0 Å². The maximum absolute atomic E-state index is 12.2. The average Bonchev–Trinajstić information content (AvgIpc) is 2.32. The monoisotopic (exact) mass is 290 g/mol. The van der Waals surface area contributed by atoms with E-state index in [0.29, 0.717) is 18.1 Å². The topological polar surface area (TPSA) is 49.4 Å². The molecule has 0 saturated carbocycles. The van der Waals surface area contributed by atoms with Crippen LogP contribution in [0.5, 0.6) is 0 Å². The lowest BCUT2D eigenvalue weighted by molar-refractivity contribution is 0.455. The van der Waals surface area contributed by atoms with Crippen LogP contribution in [0.25, 0.3) is 0 Å². The summed E-state index contributed by atoms with van der Waals surface area (Å²) in [5.74, 6) is 0. The number of sulfonamides is 1. The van der Waals surface area contributed by atoms with Crippen LogP contribution in [0.4, 0.5) is 0 Å². The Morgan fingerprint density at radius 2 is 1.89 bits per heavy atom. The second kappa shape index (κ2) is 6.52. The minimum Gasteiger partial charge on any atom is -0.318 e. The van der Waals surface area contributed by atoms with Crippen LogP contribution >= 0.6 is 11.6 Å². The smallest absolute Gasteiger partial charge is 0.218 e. The highest BCUT2D eigenvalue weighted by atomic mass is 35.5. The van der Waals surface area contributed by atoms with Gasteiger partial charge in [-0.05, 0) is 31.7 Å². The quantitative estimate of drug-likeness (QED) is 0.868. The molecule has 0 fully saturated rings. The summed E-state index contributed by atoms with van der Waals surface area (Å²) < 4.78 is 25.7. The van der Waals surface area contributed by atoms with E-state index in [-0.39, 0.29) is 0 Å². The first-order valence-electron chi connectivity index (χ1n) is 5.72. The fraction of sp³-hybridized carbons (Fsp3) is 0.500. The molecule has 4 nitrogen and oxygen atoms in total. The molecule has 1 atom stereocenters. The number of benzene rings is 1. The van der Waals surface area contributed by atoms with Crippen LogP contribution in [-0.4, -0.2) is 38.6 Å². The van der Waals surface area contributed by atoms with E-state index < -0.39 is 15.3 Å². The molecule has 1 rings (SSSR count). The van der Waals surface area contributed by atoms with E-state index in [1.54, 1.807) is 33.2 Å². The SMILES string of the molecule is CNCC(C)S(=O)(=O)N(C)Cc1ccc(Cl)cc1. The predicted octanol–water partition coefficient (Wildman–Crippen LogP) is 1.71. The van der Waals surface area contributed by atoms with Gasteiger partial charge in [0.2, 0.25) is 10.0 Å². The van der Waals surface area contributed by atoms with Gasteiger partial charge in [-0.3, -0.25) is 0 Å². The van der Waals surface area contributed by atoms with Gasteiger partial charge in [-0.15, -0.1) is 0 Å². The summed E-state index contributed by atoms with van der Waals surface area (Å²) >= 11 is 5.79. The van der Waals surface area contributed by atoms with Crippen molar-refractivity contribution in [1.82, 2.24) is 9.62 Å². The summed E-state index contributed by atoms with van der Waals surface area (Å²) in [5.41, 5.74) is 0.919. The van der Waals surface area contributed by atoms with E-state index in [9.17, 15) is 8.42 Å². The van der Waals surface area contributed by atoms with Crippen molar-refractivity contribution in [2.24, 2.45) is 0 Å². The van der Waals surface area contributed by atoms with Gasteiger partial charge in [-0.1, -0.05) is 23.7 Å². The normalized spacial score (nSPS) is 13.8. The average molecular weight is 291 g/mol. The van der Waals surface area contributed by atoms with Crippen molar-refractivity contribution in [1.29, 1.82) is 0 Å². The lowest BCUT2D eigenvalue weighted by atomic mass is 10.2. The Bertz CT molecular complexity index is 473. The number of hydrogen-bond donors (Lipinski definition) is 1. The molecule has 0 aromatic heterocycles. The molecule has 1 unspecified atom stereocenters. The molecule has 1 aromatic carbocycles. The molecule has 0 saturated heterocycles. The molecule has 18 heavy (non-hydrogen) atoms. The van der Waals surface area contributed by atoms with Gasteiger partial charge in [0.05, 0.1) is 5.25 Å². The lowest BCUT2D eigenvalue weighted by Gasteiger charge is -2.21. The number of hydrogen-bond acceptors (Lipinski definition) is 3. The lowest BCUT2D eigenvalue weighted by Crippen LogP contribution is -2.38. The Hall–Kier alpha value is -0.620. The van der Waals surface area contributed by atoms with Crippen molar-refractivity contribution >= 4 is 21.6 Å². The molecule has 0 aliphatic heterocycles. The molecular formula is C12H19ClN2O2S. The number of nitrogens with one attached hydrogen (secondary N) is 1. The molecule has 0 radical (unpaired) electrons. The fourth-order valence-electron chi connectivity index (χ4n) is 1.64. The molecule has 0 heterocycles. The van der Waals surface area contributed by atoms with E-state index in [4.69, 9.17) is 11.6 Å². The summed E-state index contributed by atoms with van der Waals surface area (Å²) in [6.45, 7) is 2.49. The molecule has 1 aromatic rings. The third-order valence-corrected chi connectivity index (χ3v) is 5.19. The molecule has 102 valence electrons. The van der Waals surface area contributed by atoms with Gasteiger partial charge < -0.3 is 5.32 Å². The van der Waals surface area contributed by atoms with Crippen molar-refractivity contribution in [2.45, 2.75) is 18.7 Å². The van der Waals surface area contributed by atoms with Gasteiger partial charge in [0, 0.05) is 25.2 Å². The minimum atomic E-state index is -3.27. The zero-order chi connectivity index (χ0) is 13.8. The summed E-state index contributed by atoms with van der Waals surface area (Å²) in [5, 5.41) is 3.08. The Kier molecular flexibility index (Phi) is 5.59. The predicted molar refractivity (Wildman–Crippen MR) is 75.2 cm³/mol. The summed E-state index contributed by atoms with van der Waals surface area (Å²) in [7, 11) is 0.0630. The van der Waals surface area contributed by atoms with E-state index in [0.717, 1.165) is 5.56 Å². The first kappa shape index (κ1) is 15.4. The number of rotatable bonds is 6. The highest BCUT2D eigenvalue weighted by molar-refractivity contribution is 7.89. The Morgan fingerprint density at radius 3 is 2.39 bits per heavy atom. The minimum absolute atomic E-state index is 0.355. The highest BCUT2D eigenvalue weighted by Gasteiger charge is 2.25. The van der Waals surface area contributed by atoms with Gasteiger partial charge in [-0.25, -0.2) is 12.7 Å². The van der Waals surface area contributed by atoms with Crippen molar-refractivity contribution in [2.75, 3.05) is 20.6 Å². The molecule has 0 aliphatic carbocycles. The largest absolute Gasteiger partial charge is 0.318 e. The Labute approximate surface area is 114 Å². The highest BCUT2D eigenvalue weighted by Crippen LogP contribution is 2.14. The van der Waals surface area contributed by atoms with E-state index in [2.05, 4.69) is 5.32 Å². The second-order valence-corrected chi connectivity index (χ2v) is 7.19. The Morgan fingerprint density at radius 1 is 1.33 bits per heavy atom. The molecule has 1 N–H and O–H groups in total. The van der Waals surface area contributed by atoms with Crippen LogP contribution in [0.15, 0.2) is 24.3 Å². The maximum Gasteiger partial charge on any atom is 0.218 e. The first-order chi connectivity index (χ1) is 8.37.